The van der Waals surface area contributed by atoms with E-state index in [0.717, 1.165) is 44.5 Å². The predicted molar refractivity (Wildman–Crippen MR) is 78.7 cm³/mol. The van der Waals surface area contributed by atoms with Crippen molar-refractivity contribution in [2.24, 2.45) is 0 Å². The first-order valence-electron chi connectivity index (χ1n) is 7.74. The first-order chi connectivity index (χ1) is 9.70. The molecule has 3 rings (SSSR count). The number of nitrogens with zero attached hydrogens (tertiary/aromatic N) is 3. The van der Waals surface area contributed by atoms with E-state index in [1.165, 1.54) is 25.7 Å². The van der Waals surface area contributed by atoms with Crippen LogP contribution in [0.4, 0.5) is 0 Å². The standard InChI is InChI=1S/C15H24N4O/c1-12-16-13(10-15(20)17-12)11-18-6-8-19(9-7-18)14-4-2-3-5-14/h10,14H,2-9,11H2,1H3,(H,16,17,20). The quantitative estimate of drug-likeness (QED) is 0.899. The SMILES string of the molecule is Cc1nc(CN2CCN(C3CCCC3)CC2)cc(=O)[nH]1. The Hall–Kier alpha value is -1.20. The molecule has 2 fully saturated rings. The summed E-state index contributed by atoms with van der Waals surface area (Å²) in [5, 5.41) is 0. The summed E-state index contributed by atoms with van der Waals surface area (Å²) in [4.78, 5) is 23.6. The van der Waals surface area contributed by atoms with Gasteiger partial charge in [0.15, 0.2) is 0 Å². The molecule has 1 aliphatic heterocycles. The van der Waals surface area contributed by atoms with Gasteiger partial charge in [0.05, 0.1) is 5.69 Å². The van der Waals surface area contributed by atoms with Crippen LogP contribution in [0, 0.1) is 6.92 Å². The van der Waals surface area contributed by atoms with Crippen LogP contribution in [-0.4, -0.2) is 52.0 Å². The zero-order valence-electron chi connectivity index (χ0n) is 12.3. The Bertz CT molecular complexity index is 499. The van der Waals surface area contributed by atoms with Crippen molar-refractivity contribution < 1.29 is 0 Å². The second-order valence-corrected chi connectivity index (χ2v) is 6.07. The summed E-state index contributed by atoms with van der Waals surface area (Å²) in [6.45, 7) is 7.12. The highest BCUT2D eigenvalue weighted by molar-refractivity contribution is 5.02. The highest BCUT2D eigenvalue weighted by Crippen LogP contribution is 2.24. The number of hydrogen-bond donors (Lipinski definition) is 1. The van der Waals surface area contributed by atoms with Crippen LogP contribution in [0.2, 0.25) is 0 Å². The summed E-state index contributed by atoms with van der Waals surface area (Å²) >= 11 is 0. The molecular weight excluding hydrogens is 252 g/mol. The van der Waals surface area contributed by atoms with Gasteiger partial charge in [-0.25, -0.2) is 4.98 Å². The smallest absolute Gasteiger partial charge is 0.251 e. The minimum absolute atomic E-state index is 0.0444. The number of piperazine rings is 1. The van der Waals surface area contributed by atoms with E-state index in [1.54, 1.807) is 6.07 Å². The summed E-state index contributed by atoms with van der Waals surface area (Å²) in [5.74, 6) is 0.706. The fourth-order valence-corrected chi connectivity index (χ4v) is 3.51. The lowest BCUT2D eigenvalue weighted by Gasteiger charge is -2.37. The number of rotatable bonds is 3. The first kappa shape index (κ1) is 13.8. The number of nitrogens with one attached hydrogen (secondary N) is 1. The average molecular weight is 276 g/mol. The summed E-state index contributed by atoms with van der Waals surface area (Å²) in [7, 11) is 0. The van der Waals surface area contributed by atoms with Gasteiger partial charge in [-0.2, -0.15) is 0 Å². The Labute approximate surface area is 120 Å². The maximum atomic E-state index is 11.5. The molecule has 1 saturated carbocycles. The van der Waals surface area contributed by atoms with Crippen LogP contribution in [0.15, 0.2) is 10.9 Å². The summed E-state index contributed by atoms with van der Waals surface area (Å²) < 4.78 is 0. The molecule has 0 unspecified atom stereocenters. The number of aryl methyl sites for hydroxylation is 1. The van der Waals surface area contributed by atoms with Crippen molar-refractivity contribution in [2.45, 2.75) is 45.2 Å². The fourth-order valence-electron chi connectivity index (χ4n) is 3.51. The molecule has 0 spiro atoms. The summed E-state index contributed by atoms with van der Waals surface area (Å²) in [6, 6.07) is 2.45. The number of aromatic nitrogens is 2. The molecule has 0 bridgehead atoms. The average Bonchev–Trinajstić information content (AvgIpc) is 2.92. The van der Waals surface area contributed by atoms with Crippen LogP contribution < -0.4 is 5.56 Å². The van der Waals surface area contributed by atoms with Gasteiger partial charge in [0, 0.05) is 44.8 Å². The van der Waals surface area contributed by atoms with Gasteiger partial charge in [0.2, 0.25) is 0 Å². The van der Waals surface area contributed by atoms with E-state index in [0.29, 0.717) is 5.82 Å². The van der Waals surface area contributed by atoms with Gasteiger partial charge in [0.25, 0.3) is 5.56 Å². The second-order valence-electron chi connectivity index (χ2n) is 6.07. The lowest BCUT2D eigenvalue weighted by atomic mass is 10.2. The van der Waals surface area contributed by atoms with Crippen LogP contribution in [0.3, 0.4) is 0 Å². The molecule has 1 aromatic rings. The molecule has 20 heavy (non-hydrogen) atoms. The largest absolute Gasteiger partial charge is 0.311 e. The van der Waals surface area contributed by atoms with Gasteiger partial charge in [-0.1, -0.05) is 12.8 Å². The molecule has 110 valence electrons. The van der Waals surface area contributed by atoms with E-state index in [9.17, 15) is 4.79 Å². The molecule has 2 aliphatic rings. The van der Waals surface area contributed by atoms with Gasteiger partial charge in [-0.15, -0.1) is 0 Å². The van der Waals surface area contributed by atoms with Crippen molar-refractivity contribution in [2.75, 3.05) is 26.2 Å². The van der Waals surface area contributed by atoms with Gasteiger partial charge in [-0.05, 0) is 19.8 Å². The molecule has 2 heterocycles. The van der Waals surface area contributed by atoms with E-state index in [1.807, 2.05) is 6.92 Å². The van der Waals surface area contributed by atoms with E-state index in [4.69, 9.17) is 0 Å². The van der Waals surface area contributed by atoms with Crippen molar-refractivity contribution in [3.8, 4) is 0 Å². The number of H-pyrrole nitrogens is 1. The number of hydrogen-bond acceptors (Lipinski definition) is 4. The highest BCUT2D eigenvalue weighted by Gasteiger charge is 2.26. The van der Waals surface area contributed by atoms with Crippen molar-refractivity contribution in [1.29, 1.82) is 0 Å². The second kappa shape index (κ2) is 6.06. The molecule has 5 nitrogen and oxygen atoms in total. The van der Waals surface area contributed by atoms with Crippen molar-refractivity contribution >= 4 is 0 Å². The summed E-state index contributed by atoms with van der Waals surface area (Å²) in [5.41, 5.74) is 0.845. The third-order valence-corrected chi connectivity index (χ3v) is 4.55. The highest BCUT2D eigenvalue weighted by atomic mass is 16.1. The third-order valence-electron chi connectivity index (χ3n) is 4.55. The Morgan fingerprint density at radius 2 is 1.95 bits per heavy atom. The molecule has 5 heteroatoms. The van der Waals surface area contributed by atoms with Crippen molar-refractivity contribution in [1.82, 2.24) is 19.8 Å². The molecule has 1 aliphatic carbocycles. The minimum Gasteiger partial charge on any atom is -0.311 e. The first-order valence-corrected chi connectivity index (χ1v) is 7.74. The van der Waals surface area contributed by atoms with Crippen molar-refractivity contribution in [3.05, 3.63) is 27.9 Å². The van der Waals surface area contributed by atoms with Gasteiger partial charge < -0.3 is 4.98 Å². The topological polar surface area (TPSA) is 52.2 Å². The zero-order valence-corrected chi connectivity index (χ0v) is 12.3. The number of aromatic amines is 1. The van der Waals surface area contributed by atoms with E-state index >= 15 is 0 Å². The fraction of sp³-hybridized carbons (Fsp3) is 0.733. The molecular formula is C15H24N4O. The molecule has 0 amide bonds. The van der Waals surface area contributed by atoms with Gasteiger partial charge >= 0.3 is 0 Å². The molecule has 0 atom stereocenters. The van der Waals surface area contributed by atoms with Crippen LogP contribution in [0.25, 0.3) is 0 Å². The molecule has 0 radical (unpaired) electrons. The van der Waals surface area contributed by atoms with Crippen LogP contribution >= 0.6 is 0 Å². The Morgan fingerprint density at radius 1 is 1.25 bits per heavy atom. The van der Waals surface area contributed by atoms with Gasteiger partial charge in [-0.3, -0.25) is 14.6 Å². The predicted octanol–water partition coefficient (Wildman–Crippen LogP) is 1.14. The molecule has 1 N–H and O–H groups in total. The van der Waals surface area contributed by atoms with Crippen LogP contribution in [0.5, 0.6) is 0 Å². The minimum atomic E-state index is -0.0444. The Balaban J connectivity index is 1.54. The maximum Gasteiger partial charge on any atom is 0.251 e. The normalized spacial score (nSPS) is 22.4. The van der Waals surface area contributed by atoms with E-state index < -0.39 is 0 Å². The Kier molecular flexibility index (Phi) is 4.17. The van der Waals surface area contributed by atoms with Crippen LogP contribution in [-0.2, 0) is 6.54 Å². The monoisotopic (exact) mass is 276 g/mol. The molecule has 1 saturated heterocycles. The molecule has 0 aromatic carbocycles. The molecule has 1 aromatic heterocycles. The van der Waals surface area contributed by atoms with Crippen molar-refractivity contribution in [3.63, 3.8) is 0 Å². The maximum absolute atomic E-state index is 11.5. The lowest BCUT2D eigenvalue weighted by molar-refractivity contribution is 0.0929. The third kappa shape index (κ3) is 3.27. The zero-order chi connectivity index (χ0) is 13.9. The van der Waals surface area contributed by atoms with Crippen LogP contribution in [0.1, 0.15) is 37.2 Å². The van der Waals surface area contributed by atoms with E-state index in [-0.39, 0.29) is 5.56 Å². The van der Waals surface area contributed by atoms with Gasteiger partial charge in [0.1, 0.15) is 5.82 Å². The Morgan fingerprint density at radius 3 is 2.60 bits per heavy atom. The summed E-state index contributed by atoms with van der Waals surface area (Å²) in [6.07, 6.45) is 5.57. The lowest BCUT2D eigenvalue weighted by Crippen LogP contribution is -2.49. The van der Waals surface area contributed by atoms with E-state index in [2.05, 4.69) is 19.8 Å².